The molecule has 0 saturated carbocycles. The van der Waals surface area contributed by atoms with Crippen LogP contribution in [0.3, 0.4) is 0 Å². The largest absolute Gasteiger partial charge is 0.293 e. The summed E-state index contributed by atoms with van der Waals surface area (Å²) in [5, 5.41) is 10.1. The first-order valence-electron chi connectivity index (χ1n) is 2.72. The normalized spacial score (nSPS) is 19.9. The molecule has 50 valence electrons. The van der Waals surface area contributed by atoms with Crippen LogP contribution in [-0.4, -0.2) is 30.0 Å². The lowest BCUT2D eigenvalue weighted by Gasteiger charge is -2.01. The van der Waals surface area contributed by atoms with Crippen LogP contribution in [0.2, 0.25) is 0 Å². The molecule has 0 aromatic rings. The summed E-state index contributed by atoms with van der Waals surface area (Å²) in [7, 11) is 1.85. The van der Waals surface area contributed by atoms with Crippen molar-refractivity contribution >= 4 is 0 Å². The van der Waals surface area contributed by atoms with Crippen molar-refractivity contribution in [2.45, 2.75) is 0 Å². The lowest BCUT2D eigenvalue weighted by Crippen LogP contribution is -2.15. The highest BCUT2D eigenvalue weighted by atomic mass is 16.6. The van der Waals surface area contributed by atoms with Crippen molar-refractivity contribution in [2.24, 2.45) is 0 Å². The second-order valence-electron chi connectivity index (χ2n) is 2.15. The van der Waals surface area contributed by atoms with Gasteiger partial charge in [0.15, 0.2) is 0 Å². The van der Waals surface area contributed by atoms with Crippen molar-refractivity contribution in [3.63, 3.8) is 0 Å². The first-order valence-corrected chi connectivity index (χ1v) is 2.72. The van der Waals surface area contributed by atoms with Crippen molar-refractivity contribution in [1.29, 1.82) is 0 Å². The van der Waals surface area contributed by atoms with Crippen LogP contribution in [-0.2, 0) is 0 Å². The van der Waals surface area contributed by atoms with Gasteiger partial charge < -0.3 is 0 Å². The number of hydrogen-bond donors (Lipinski definition) is 0. The van der Waals surface area contributed by atoms with Crippen molar-refractivity contribution in [2.75, 3.05) is 20.1 Å². The smallest absolute Gasteiger partial charge is 0.257 e. The van der Waals surface area contributed by atoms with E-state index in [9.17, 15) is 10.1 Å². The Morgan fingerprint density at radius 1 is 1.89 bits per heavy atom. The molecule has 0 aliphatic carbocycles. The number of hydrogen-bond acceptors (Lipinski definition) is 3. The van der Waals surface area contributed by atoms with Gasteiger partial charge in [-0.2, -0.15) is 0 Å². The minimum Gasteiger partial charge on any atom is -0.293 e. The lowest BCUT2D eigenvalue weighted by molar-refractivity contribution is -0.426. The van der Waals surface area contributed by atoms with Gasteiger partial charge in [-0.15, -0.1) is 0 Å². The summed E-state index contributed by atoms with van der Waals surface area (Å²) in [4.78, 5) is 11.6. The number of nitro groups is 1. The number of likely N-dealkylation sites (N-methyl/N-ethyl adjacent to an activating group) is 1. The van der Waals surface area contributed by atoms with Crippen LogP contribution < -0.4 is 0 Å². The fourth-order valence-corrected chi connectivity index (χ4v) is 0.799. The van der Waals surface area contributed by atoms with Gasteiger partial charge >= 0.3 is 0 Å². The highest BCUT2D eigenvalue weighted by Gasteiger charge is 2.18. The third-order valence-corrected chi connectivity index (χ3v) is 1.31. The van der Waals surface area contributed by atoms with Gasteiger partial charge in [0.2, 0.25) is 0 Å². The van der Waals surface area contributed by atoms with E-state index in [1.54, 1.807) is 6.08 Å². The first-order chi connectivity index (χ1) is 4.20. The van der Waals surface area contributed by atoms with Gasteiger partial charge in [0, 0.05) is 12.6 Å². The molecule has 1 aliphatic heterocycles. The van der Waals surface area contributed by atoms with Crippen LogP contribution in [0.25, 0.3) is 0 Å². The highest BCUT2D eigenvalue weighted by Crippen LogP contribution is 2.05. The Morgan fingerprint density at radius 3 is 2.78 bits per heavy atom. The molecule has 0 aromatic heterocycles. The topological polar surface area (TPSA) is 46.4 Å². The minimum absolute atomic E-state index is 0.317. The van der Waals surface area contributed by atoms with Crippen LogP contribution in [0.15, 0.2) is 11.8 Å². The predicted octanol–water partition coefficient (Wildman–Crippen LogP) is 0.0924. The lowest BCUT2D eigenvalue weighted by atomic mass is 10.5. The summed E-state index contributed by atoms with van der Waals surface area (Å²) in [6.07, 6.45) is 1.64. The second kappa shape index (κ2) is 2.14. The van der Waals surface area contributed by atoms with Crippen LogP contribution >= 0.6 is 0 Å². The van der Waals surface area contributed by atoms with E-state index in [0.29, 0.717) is 18.8 Å². The van der Waals surface area contributed by atoms with Gasteiger partial charge in [-0.05, 0) is 7.05 Å². The van der Waals surface area contributed by atoms with Gasteiger partial charge in [0.05, 0.1) is 11.5 Å². The van der Waals surface area contributed by atoms with Crippen LogP contribution in [0.4, 0.5) is 0 Å². The van der Waals surface area contributed by atoms with Crippen LogP contribution in [0.5, 0.6) is 0 Å². The third kappa shape index (κ3) is 1.26. The SMILES string of the molecule is CN1CC=C([N+](=O)[O-])C1. The average molecular weight is 128 g/mol. The number of rotatable bonds is 1. The standard InChI is InChI=1S/C5H8N2O2/c1-6-3-2-5(4-6)7(8)9/h2H,3-4H2,1H3. The van der Waals surface area contributed by atoms with Gasteiger partial charge in [0.25, 0.3) is 5.70 Å². The summed E-state index contributed by atoms with van der Waals surface area (Å²) < 4.78 is 0. The summed E-state index contributed by atoms with van der Waals surface area (Å²) in [6, 6.07) is 0. The molecule has 0 radical (unpaired) electrons. The zero-order chi connectivity index (χ0) is 6.85. The average Bonchev–Trinajstić information content (AvgIpc) is 2.14. The fraction of sp³-hybridized carbons (Fsp3) is 0.600. The monoisotopic (exact) mass is 128 g/mol. The molecule has 4 nitrogen and oxygen atoms in total. The van der Waals surface area contributed by atoms with Crippen molar-refractivity contribution in [1.82, 2.24) is 4.90 Å². The molecule has 4 heteroatoms. The van der Waals surface area contributed by atoms with E-state index in [-0.39, 0.29) is 4.92 Å². The predicted molar refractivity (Wildman–Crippen MR) is 32.6 cm³/mol. The summed E-state index contributed by atoms with van der Waals surface area (Å²) in [5.74, 6) is 0. The molecule has 0 atom stereocenters. The van der Waals surface area contributed by atoms with E-state index in [4.69, 9.17) is 0 Å². The van der Waals surface area contributed by atoms with E-state index in [1.807, 2.05) is 11.9 Å². The molecule has 0 fully saturated rings. The molecule has 0 N–H and O–H groups in total. The van der Waals surface area contributed by atoms with Gasteiger partial charge in [-0.1, -0.05) is 0 Å². The summed E-state index contributed by atoms with van der Waals surface area (Å²) >= 11 is 0. The Hall–Kier alpha value is -0.900. The molecule has 1 aliphatic rings. The van der Waals surface area contributed by atoms with E-state index in [2.05, 4.69) is 0 Å². The van der Waals surface area contributed by atoms with E-state index < -0.39 is 0 Å². The molecule has 0 bridgehead atoms. The molecule has 1 rings (SSSR count). The molecule has 0 saturated heterocycles. The zero-order valence-corrected chi connectivity index (χ0v) is 5.20. The van der Waals surface area contributed by atoms with Gasteiger partial charge in [0.1, 0.15) is 0 Å². The van der Waals surface area contributed by atoms with Crippen LogP contribution in [0.1, 0.15) is 0 Å². The second-order valence-corrected chi connectivity index (χ2v) is 2.15. The quantitative estimate of drug-likeness (QED) is 0.371. The molecule has 0 spiro atoms. The van der Waals surface area contributed by atoms with E-state index in [1.165, 1.54) is 0 Å². The van der Waals surface area contributed by atoms with Crippen molar-refractivity contribution in [3.8, 4) is 0 Å². The molecule has 0 aromatic carbocycles. The highest BCUT2D eigenvalue weighted by molar-refractivity contribution is 5.02. The maximum atomic E-state index is 10.1. The maximum absolute atomic E-state index is 10.1. The fourth-order valence-electron chi connectivity index (χ4n) is 0.799. The molecule has 1 heterocycles. The van der Waals surface area contributed by atoms with E-state index in [0.717, 1.165) is 0 Å². The Balaban J connectivity index is 2.55. The Morgan fingerprint density at radius 2 is 2.56 bits per heavy atom. The van der Waals surface area contributed by atoms with E-state index >= 15 is 0 Å². The molecule has 0 unspecified atom stereocenters. The molecule has 0 amide bonds. The zero-order valence-electron chi connectivity index (χ0n) is 5.20. The van der Waals surface area contributed by atoms with Crippen molar-refractivity contribution in [3.05, 3.63) is 21.9 Å². The number of nitrogens with zero attached hydrogens (tertiary/aromatic N) is 2. The minimum atomic E-state index is -0.330. The molecule has 9 heavy (non-hydrogen) atoms. The summed E-state index contributed by atoms with van der Waals surface area (Å²) in [6.45, 7) is 1.18. The van der Waals surface area contributed by atoms with Crippen LogP contribution in [0, 0.1) is 10.1 Å². The Kier molecular flexibility index (Phi) is 1.48. The van der Waals surface area contributed by atoms with Gasteiger partial charge in [-0.25, -0.2) is 0 Å². The first kappa shape index (κ1) is 6.22. The Labute approximate surface area is 52.9 Å². The van der Waals surface area contributed by atoms with Crippen molar-refractivity contribution < 1.29 is 4.92 Å². The van der Waals surface area contributed by atoms with Gasteiger partial charge in [-0.3, -0.25) is 15.0 Å². The summed E-state index contributed by atoms with van der Waals surface area (Å²) in [5.41, 5.74) is 0.317. The molecular formula is C5H8N2O2. The molecular weight excluding hydrogens is 120 g/mol. The Bertz CT molecular complexity index is 164. The third-order valence-electron chi connectivity index (χ3n) is 1.31. The maximum Gasteiger partial charge on any atom is 0.257 e.